The number of methoxy groups -OCH3 is 1. The van der Waals surface area contributed by atoms with Crippen LogP contribution in [-0.4, -0.2) is 48.2 Å². The predicted octanol–water partition coefficient (Wildman–Crippen LogP) is 1.94. The van der Waals surface area contributed by atoms with E-state index < -0.39 is 5.97 Å². The number of benzene rings is 1. The van der Waals surface area contributed by atoms with Crippen LogP contribution in [-0.2, 0) is 9.59 Å². The number of hydrogen-bond donors (Lipinski definition) is 1. The van der Waals surface area contributed by atoms with E-state index in [1.54, 1.807) is 18.1 Å². The van der Waals surface area contributed by atoms with Crippen molar-refractivity contribution in [2.24, 2.45) is 0 Å². The summed E-state index contributed by atoms with van der Waals surface area (Å²) in [5.41, 5.74) is 1.34. The van der Waals surface area contributed by atoms with Crippen LogP contribution in [0.5, 0.6) is 11.5 Å². The molecular formula is C17H19NO5. The summed E-state index contributed by atoms with van der Waals surface area (Å²) >= 11 is 0. The Kier molecular flexibility index (Phi) is 4.23. The Morgan fingerprint density at radius 1 is 1.43 bits per heavy atom. The largest absolute Gasteiger partial charge is 0.493 e. The Hall–Kier alpha value is -2.50. The summed E-state index contributed by atoms with van der Waals surface area (Å²) in [7, 11) is 1.57. The van der Waals surface area contributed by atoms with Crippen LogP contribution in [0.15, 0.2) is 23.8 Å². The van der Waals surface area contributed by atoms with Gasteiger partial charge in [-0.15, -0.1) is 0 Å². The molecule has 1 aromatic rings. The number of carbonyl (C=O) groups is 2. The normalized spacial score (nSPS) is 19.6. The van der Waals surface area contributed by atoms with Gasteiger partial charge in [0, 0.05) is 18.2 Å². The minimum atomic E-state index is -0.876. The maximum atomic E-state index is 12.7. The van der Waals surface area contributed by atoms with Crippen molar-refractivity contribution in [3.8, 4) is 11.5 Å². The van der Waals surface area contributed by atoms with Gasteiger partial charge in [-0.25, -0.2) is 0 Å². The Morgan fingerprint density at radius 3 is 3.00 bits per heavy atom. The summed E-state index contributed by atoms with van der Waals surface area (Å²) in [4.78, 5) is 25.3. The van der Waals surface area contributed by atoms with Crippen molar-refractivity contribution < 1.29 is 24.2 Å². The maximum Gasteiger partial charge on any atom is 0.305 e. The van der Waals surface area contributed by atoms with Crippen LogP contribution >= 0.6 is 0 Å². The monoisotopic (exact) mass is 317 g/mol. The Morgan fingerprint density at radius 2 is 2.26 bits per heavy atom. The van der Waals surface area contributed by atoms with Gasteiger partial charge >= 0.3 is 5.97 Å². The number of carboxylic acid groups (broad SMARTS) is 1. The van der Waals surface area contributed by atoms with Crippen molar-refractivity contribution in [1.82, 2.24) is 4.90 Å². The lowest BCUT2D eigenvalue weighted by Gasteiger charge is -2.27. The lowest BCUT2D eigenvalue weighted by Crippen LogP contribution is -2.39. The van der Waals surface area contributed by atoms with Gasteiger partial charge in [-0.2, -0.15) is 0 Å². The highest BCUT2D eigenvalue weighted by molar-refractivity contribution is 5.99. The summed E-state index contributed by atoms with van der Waals surface area (Å²) in [5, 5.41) is 8.98. The Bertz CT molecular complexity index is 667. The highest BCUT2D eigenvalue weighted by atomic mass is 16.5. The third kappa shape index (κ3) is 3.02. The minimum absolute atomic E-state index is 0.00964. The third-order valence-corrected chi connectivity index (χ3v) is 4.25. The van der Waals surface area contributed by atoms with E-state index in [1.807, 2.05) is 18.2 Å². The molecule has 1 fully saturated rings. The molecule has 0 bridgehead atoms. The molecule has 0 spiro atoms. The molecule has 1 atom stereocenters. The quantitative estimate of drug-likeness (QED) is 0.918. The Balaban J connectivity index is 1.83. The number of para-hydroxylation sites is 1. The molecule has 6 nitrogen and oxygen atoms in total. The van der Waals surface area contributed by atoms with Crippen LogP contribution in [0.2, 0.25) is 0 Å². The molecule has 0 radical (unpaired) electrons. The molecule has 122 valence electrons. The number of amides is 1. The molecule has 2 aliphatic rings. The van der Waals surface area contributed by atoms with Crippen LogP contribution in [0.1, 0.15) is 24.8 Å². The first-order valence-corrected chi connectivity index (χ1v) is 7.63. The van der Waals surface area contributed by atoms with E-state index in [2.05, 4.69) is 0 Å². The van der Waals surface area contributed by atoms with Gasteiger partial charge in [0.15, 0.2) is 11.5 Å². The molecule has 1 aromatic carbocycles. The van der Waals surface area contributed by atoms with Gasteiger partial charge < -0.3 is 19.5 Å². The van der Waals surface area contributed by atoms with Gasteiger partial charge in [0.1, 0.15) is 6.61 Å². The van der Waals surface area contributed by atoms with Crippen LogP contribution in [0.4, 0.5) is 0 Å². The van der Waals surface area contributed by atoms with Crippen molar-refractivity contribution in [2.75, 3.05) is 20.3 Å². The summed E-state index contributed by atoms with van der Waals surface area (Å²) in [5.74, 6) is 0.256. The topological polar surface area (TPSA) is 76.1 Å². The van der Waals surface area contributed by atoms with Crippen molar-refractivity contribution in [3.05, 3.63) is 29.3 Å². The zero-order chi connectivity index (χ0) is 16.4. The predicted molar refractivity (Wildman–Crippen MR) is 83.5 cm³/mol. The lowest BCUT2D eigenvalue weighted by molar-refractivity contribution is -0.139. The molecule has 1 amide bonds. The molecule has 2 aliphatic heterocycles. The number of rotatable bonds is 4. The molecular weight excluding hydrogens is 298 g/mol. The second-order valence-electron chi connectivity index (χ2n) is 5.73. The van der Waals surface area contributed by atoms with Gasteiger partial charge in [-0.1, -0.05) is 12.1 Å². The van der Waals surface area contributed by atoms with E-state index in [0.717, 1.165) is 18.4 Å². The number of likely N-dealkylation sites (tertiary alicyclic amines) is 1. The van der Waals surface area contributed by atoms with Crippen molar-refractivity contribution in [3.63, 3.8) is 0 Å². The number of nitrogens with zero attached hydrogens (tertiary/aromatic N) is 1. The van der Waals surface area contributed by atoms with E-state index in [4.69, 9.17) is 14.6 Å². The van der Waals surface area contributed by atoms with E-state index in [-0.39, 0.29) is 25.0 Å². The molecule has 23 heavy (non-hydrogen) atoms. The third-order valence-electron chi connectivity index (χ3n) is 4.25. The first-order valence-electron chi connectivity index (χ1n) is 7.63. The van der Waals surface area contributed by atoms with E-state index in [9.17, 15) is 9.59 Å². The average Bonchev–Trinajstić information content (AvgIpc) is 3.00. The summed E-state index contributed by atoms with van der Waals surface area (Å²) in [6, 6.07) is 5.28. The zero-order valence-electron chi connectivity index (χ0n) is 12.9. The second-order valence-corrected chi connectivity index (χ2v) is 5.73. The molecule has 1 N–H and O–H groups in total. The number of hydrogen-bond acceptors (Lipinski definition) is 4. The van der Waals surface area contributed by atoms with Crippen molar-refractivity contribution >= 4 is 18.0 Å². The average molecular weight is 317 g/mol. The molecule has 2 heterocycles. The first-order chi connectivity index (χ1) is 11.1. The standard InChI is InChI=1S/C17H19NO5/c1-22-14-6-2-4-11-8-12(10-23-16(11)14)17(21)18-7-3-5-13(18)9-15(19)20/h2,4,6,8,13H,3,5,7,9-10H2,1H3,(H,19,20). The molecule has 0 saturated carbocycles. The number of carbonyl (C=O) groups excluding carboxylic acids is 1. The lowest BCUT2D eigenvalue weighted by atomic mass is 10.0. The number of carboxylic acids is 1. The number of ether oxygens (including phenoxy) is 2. The van der Waals surface area contributed by atoms with Gasteiger partial charge in [-0.05, 0) is 25.0 Å². The summed E-state index contributed by atoms with van der Waals surface area (Å²) < 4.78 is 11.0. The zero-order valence-corrected chi connectivity index (χ0v) is 12.9. The number of fused-ring (bicyclic) bond motifs is 1. The SMILES string of the molecule is COc1cccc2c1OCC(C(=O)N1CCCC1CC(=O)O)=C2. The highest BCUT2D eigenvalue weighted by Crippen LogP contribution is 2.36. The molecule has 6 heteroatoms. The molecule has 1 unspecified atom stereocenters. The Labute approximate surface area is 134 Å². The van der Waals surface area contributed by atoms with Crippen molar-refractivity contribution in [1.29, 1.82) is 0 Å². The summed E-state index contributed by atoms with van der Waals surface area (Å²) in [6.07, 6.45) is 3.36. The summed E-state index contributed by atoms with van der Waals surface area (Å²) in [6.45, 7) is 0.765. The molecule has 3 rings (SSSR count). The first kappa shape index (κ1) is 15.4. The van der Waals surface area contributed by atoms with Gasteiger partial charge in [0.05, 0.1) is 19.1 Å². The maximum absolute atomic E-state index is 12.7. The van der Waals surface area contributed by atoms with Crippen molar-refractivity contribution in [2.45, 2.75) is 25.3 Å². The fraction of sp³-hybridized carbons (Fsp3) is 0.412. The van der Waals surface area contributed by atoms with Gasteiger partial charge in [-0.3, -0.25) is 9.59 Å². The molecule has 0 aliphatic carbocycles. The van der Waals surface area contributed by atoms with Crippen LogP contribution < -0.4 is 9.47 Å². The van der Waals surface area contributed by atoms with E-state index >= 15 is 0 Å². The van der Waals surface area contributed by atoms with Gasteiger partial charge in [0.2, 0.25) is 0 Å². The van der Waals surface area contributed by atoms with Gasteiger partial charge in [0.25, 0.3) is 5.91 Å². The molecule has 0 aromatic heterocycles. The van der Waals surface area contributed by atoms with Crippen LogP contribution in [0.3, 0.4) is 0 Å². The number of aliphatic carboxylic acids is 1. The fourth-order valence-corrected chi connectivity index (χ4v) is 3.17. The van der Waals surface area contributed by atoms with E-state index in [1.165, 1.54) is 0 Å². The smallest absolute Gasteiger partial charge is 0.305 e. The molecule has 1 saturated heterocycles. The van der Waals surface area contributed by atoms with E-state index in [0.29, 0.717) is 23.6 Å². The minimum Gasteiger partial charge on any atom is -0.493 e. The highest BCUT2D eigenvalue weighted by Gasteiger charge is 2.33. The van der Waals surface area contributed by atoms with Crippen LogP contribution in [0, 0.1) is 0 Å². The fourth-order valence-electron chi connectivity index (χ4n) is 3.17. The second kappa shape index (κ2) is 6.32. The van der Waals surface area contributed by atoms with Crippen LogP contribution in [0.25, 0.3) is 6.08 Å².